The third-order valence-corrected chi connectivity index (χ3v) is 3.46. The van der Waals surface area contributed by atoms with Crippen molar-refractivity contribution >= 4 is 33.4 Å². The number of carbonyl (C=O) groups is 2. The summed E-state index contributed by atoms with van der Waals surface area (Å²) in [4.78, 5) is 23.0. The van der Waals surface area contributed by atoms with Gasteiger partial charge in [0.2, 0.25) is 5.91 Å². The van der Waals surface area contributed by atoms with Gasteiger partial charge in [-0.25, -0.2) is 0 Å². The fraction of sp³-hybridized carbons (Fsp3) is 0.125. The molecule has 2 aromatic rings. The van der Waals surface area contributed by atoms with Crippen LogP contribution in [-0.4, -0.2) is 17.9 Å². The number of rotatable bonds is 5. The Balaban J connectivity index is 1.95. The molecule has 114 valence electrons. The minimum Gasteiger partial charge on any atom is -0.481 e. The number of benzene rings is 2. The number of nitrogens with two attached hydrogens (primary N) is 1. The van der Waals surface area contributed by atoms with Crippen LogP contribution in [0.3, 0.4) is 0 Å². The van der Waals surface area contributed by atoms with Crippen molar-refractivity contribution in [3.63, 3.8) is 0 Å². The number of carbonyl (C=O) groups excluding carboxylic acids is 2. The van der Waals surface area contributed by atoms with Crippen LogP contribution in [0, 0.1) is 0 Å². The molecule has 0 aliphatic heterocycles. The molecule has 0 aliphatic carbocycles. The molecule has 0 fully saturated rings. The predicted octanol–water partition coefficient (Wildman–Crippen LogP) is 2.95. The molecule has 5 nitrogen and oxygen atoms in total. The maximum atomic E-state index is 12.1. The second-order valence-corrected chi connectivity index (χ2v) is 5.56. The number of amides is 2. The summed E-state index contributed by atoms with van der Waals surface area (Å²) in [5.41, 5.74) is 6.24. The van der Waals surface area contributed by atoms with Crippen LogP contribution in [0.5, 0.6) is 5.75 Å². The average Bonchev–Trinajstić information content (AvgIpc) is 2.50. The number of ether oxygens (including phenoxy) is 1. The summed E-state index contributed by atoms with van der Waals surface area (Å²) in [6, 6.07) is 13.6. The van der Waals surface area contributed by atoms with E-state index < -0.39 is 12.0 Å². The smallest absolute Gasteiger partial charge is 0.265 e. The van der Waals surface area contributed by atoms with E-state index in [0.29, 0.717) is 17.0 Å². The van der Waals surface area contributed by atoms with Crippen LogP contribution >= 0.6 is 15.9 Å². The Hall–Kier alpha value is -2.34. The van der Waals surface area contributed by atoms with Gasteiger partial charge in [0, 0.05) is 15.7 Å². The minimum atomic E-state index is -0.678. The first kappa shape index (κ1) is 16.0. The highest BCUT2D eigenvalue weighted by Crippen LogP contribution is 2.16. The van der Waals surface area contributed by atoms with E-state index in [4.69, 9.17) is 10.5 Å². The van der Waals surface area contributed by atoms with Crippen LogP contribution in [0.4, 0.5) is 5.69 Å². The molecule has 2 amide bonds. The van der Waals surface area contributed by atoms with Gasteiger partial charge in [0.25, 0.3) is 5.91 Å². The molecule has 0 saturated carbocycles. The molecule has 0 aromatic heterocycles. The number of nitrogens with one attached hydrogen (secondary N) is 1. The van der Waals surface area contributed by atoms with E-state index in [-0.39, 0.29) is 5.91 Å². The Morgan fingerprint density at radius 3 is 2.23 bits per heavy atom. The van der Waals surface area contributed by atoms with E-state index in [1.54, 1.807) is 43.3 Å². The highest BCUT2D eigenvalue weighted by molar-refractivity contribution is 9.10. The Bertz CT molecular complexity index is 669. The Morgan fingerprint density at radius 1 is 1.09 bits per heavy atom. The fourth-order valence-electron chi connectivity index (χ4n) is 1.73. The van der Waals surface area contributed by atoms with Crippen molar-refractivity contribution in [2.45, 2.75) is 13.0 Å². The van der Waals surface area contributed by atoms with Crippen LogP contribution in [0.2, 0.25) is 0 Å². The maximum absolute atomic E-state index is 12.1. The van der Waals surface area contributed by atoms with Crippen molar-refractivity contribution in [3.8, 4) is 5.75 Å². The molecule has 1 atom stereocenters. The molecule has 6 heteroatoms. The standard InChI is InChI=1S/C16H15BrN2O3/c1-10(16(21)19-13-6-4-12(17)5-7-13)22-14-8-2-11(3-9-14)15(18)20/h2-10H,1H3,(H2,18,20)(H,19,21)/t10-/m1/s1. The van der Waals surface area contributed by atoms with Crippen LogP contribution in [0.15, 0.2) is 53.0 Å². The van der Waals surface area contributed by atoms with Crippen LogP contribution in [0.1, 0.15) is 17.3 Å². The SMILES string of the molecule is C[C@@H](Oc1ccc(C(N)=O)cc1)C(=O)Nc1ccc(Br)cc1. The number of primary amides is 1. The van der Waals surface area contributed by atoms with E-state index in [1.165, 1.54) is 0 Å². The van der Waals surface area contributed by atoms with E-state index in [9.17, 15) is 9.59 Å². The minimum absolute atomic E-state index is 0.263. The van der Waals surface area contributed by atoms with Gasteiger partial charge in [0.15, 0.2) is 6.10 Å². The lowest BCUT2D eigenvalue weighted by Crippen LogP contribution is -2.30. The van der Waals surface area contributed by atoms with Gasteiger partial charge in [-0.15, -0.1) is 0 Å². The van der Waals surface area contributed by atoms with E-state index in [1.807, 2.05) is 12.1 Å². The van der Waals surface area contributed by atoms with Crippen molar-refractivity contribution in [1.29, 1.82) is 0 Å². The monoisotopic (exact) mass is 362 g/mol. The van der Waals surface area contributed by atoms with Gasteiger partial charge in [-0.05, 0) is 55.5 Å². The summed E-state index contributed by atoms with van der Waals surface area (Å²) in [5.74, 6) is -0.280. The van der Waals surface area contributed by atoms with Crippen molar-refractivity contribution in [3.05, 3.63) is 58.6 Å². The first-order valence-corrected chi connectivity index (χ1v) is 7.38. The van der Waals surface area contributed by atoms with E-state index in [0.717, 1.165) is 4.47 Å². The summed E-state index contributed by atoms with van der Waals surface area (Å²) in [7, 11) is 0. The molecule has 2 rings (SSSR count). The quantitative estimate of drug-likeness (QED) is 0.857. The van der Waals surface area contributed by atoms with Crippen LogP contribution in [0.25, 0.3) is 0 Å². The summed E-state index contributed by atoms with van der Waals surface area (Å²) in [6.45, 7) is 1.65. The first-order chi connectivity index (χ1) is 10.5. The van der Waals surface area contributed by atoms with Gasteiger partial charge in [-0.2, -0.15) is 0 Å². The molecule has 2 aromatic carbocycles. The lowest BCUT2D eigenvalue weighted by molar-refractivity contribution is -0.122. The molecule has 0 spiro atoms. The normalized spacial score (nSPS) is 11.5. The third-order valence-electron chi connectivity index (χ3n) is 2.93. The predicted molar refractivity (Wildman–Crippen MR) is 87.8 cm³/mol. The lowest BCUT2D eigenvalue weighted by atomic mass is 10.2. The molecule has 0 aliphatic rings. The van der Waals surface area contributed by atoms with Crippen LogP contribution in [-0.2, 0) is 4.79 Å². The van der Waals surface area contributed by atoms with Crippen LogP contribution < -0.4 is 15.8 Å². The highest BCUT2D eigenvalue weighted by Gasteiger charge is 2.15. The molecule has 3 N–H and O–H groups in total. The zero-order valence-corrected chi connectivity index (χ0v) is 13.5. The van der Waals surface area contributed by atoms with Gasteiger partial charge in [0.05, 0.1) is 0 Å². The third kappa shape index (κ3) is 4.33. The number of anilines is 1. The lowest BCUT2D eigenvalue weighted by Gasteiger charge is -2.15. The molecule has 0 bridgehead atoms. The molecule has 0 saturated heterocycles. The van der Waals surface area contributed by atoms with Crippen molar-refractivity contribution in [1.82, 2.24) is 0 Å². The number of hydrogen-bond acceptors (Lipinski definition) is 3. The molecule has 22 heavy (non-hydrogen) atoms. The summed E-state index contributed by atoms with van der Waals surface area (Å²) < 4.78 is 6.47. The Labute approximate surface area is 136 Å². The van der Waals surface area contributed by atoms with Gasteiger partial charge >= 0.3 is 0 Å². The van der Waals surface area contributed by atoms with Crippen molar-refractivity contribution in [2.75, 3.05) is 5.32 Å². The molecule has 0 unspecified atom stereocenters. The molecular weight excluding hydrogens is 348 g/mol. The summed E-state index contributed by atoms with van der Waals surface area (Å²) in [6.07, 6.45) is -0.678. The van der Waals surface area contributed by atoms with Crippen molar-refractivity contribution < 1.29 is 14.3 Å². The average molecular weight is 363 g/mol. The van der Waals surface area contributed by atoms with Gasteiger partial charge in [-0.3, -0.25) is 9.59 Å². The van der Waals surface area contributed by atoms with Crippen molar-refractivity contribution in [2.24, 2.45) is 5.73 Å². The second-order valence-electron chi connectivity index (χ2n) is 4.64. The second kappa shape index (κ2) is 7.09. The summed E-state index contributed by atoms with van der Waals surface area (Å²) in [5, 5.41) is 2.76. The Kier molecular flexibility index (Phi) is 5.16. The number of hydrogen-bond donors (Lipinski definition) is 2. The Morgan fingerprint density at radius 2 is 1.68 bits per heavy atom. The first-order valence-electron chi connectivity index (χ1n) is 6.58. The molecule has 0 heterocycles. The maximum Gasteiger partial charge on any atom is 0.265 e. The van der Waals surface area contributed by atoms with Gasteiger partial charge in [-0.1, -0.05) is 15.9 Å². The number of halogens is 1. The zero-order chi connectivity index (χ0) is 16.1. The highest BCUT2D eigenvalue weighted by atomic mass is 79.9. The summed E-state index contributed by atoms with van der Waals surface area (Å²) >= 11 is 3.33. The molecular formula is C16H15BrN2O3. The van der Waals surface area contributed by atoms with E-state index in [2.05, 4.69) is 21.2 Å². The fourth-order valence-corrected chi connectivity index (χ4v) is 2.00. The largest absolute Gasteiger partial charge is 0.481 e. The molecule has 0 radical (unpaired) electrons. The zero-order valence-electron chi connectivity index (χ0n) is 11.9. The topological polar surface area (TPSA) is 81.4 Å². The van der Waals surface area contributed by atoms with E-state index >= 15 is 0 Å². The van der Waals surface area contributed by atoms with Gasteiger partial charge < -0.3 is 15.8 Å². The van der Waals surface area contributed by atoms with Gasteiger partial charge in [0.1, 0.15) is 5.75 Å².